The summed E-state index contributed by atoms with van der Waals surface area (Å²) >= 11 is 0. The largest absolute Gasteiger partial charge is 0.352 e. The summed E-state index contributed by atoms with van der Waals surface area (Å²) in [6.45, 7) is 1.45. The first-order chi connectivity index (χ1) is 9.65. The Hall–Kier alpha value is -2.14. The first-order valence-corrected chi connectivity index (χ1v) is 6.65. The normalized spacial score (nSPS) is 10.8. The number of carbonyl (C=O) groups excluding carboxylic acids is 1. The number of aromatic nitrogens is 2. The molecule has 106 valence electrons. The van der Waals surface area contributed by atoms with Gasteiger partial charge in [0.05, 0.1) is 0 Å². The van der Waals surface area contributed by atoms with Crippen molar-refractivity contribution < 1.29 is 4.79 Å². The summed E-state index contributed by atoms with van der Waals surface area (Å²) in [5.41, 5.74) is 1.88. The Balaban J connectivity index is 1.82. The number of benzene rings is 1. The Morgan fingerprint density at radius 2 is 2.05 bits per heavy atom. The smallest absolute Gasteiger partial charge is 0.251 e. The molecule has 1 aromatic heterocycles. The van der Waals surface area contributed by atoms with Crippen LogP contribution in [0, 0.1) is 0 Å². The van der Waals surface area contributed by atoms with E-state index in [-0.39, 0.29) is 5.91 Å². The minimum atomic E-state index is -0.0482. The third kappa shape index (κ3) is 4.20. The summed E-state index contributed by atoms with van der Waals surface area (Å²) in [6, 6.07) is 7.70. The molecule has 0 aliphatic carbocycles. The second kappa shape index (κ2) is 6.86. The molecular weight excluding hydrogens is 252 g/mol. The van der Waals surface area contributed by atoms with Gasteiger partial charge in [0.15, 0.2) is 0 Å². The highest BCUT2D eigenvalue weighted by Gasteiger charge is 2.05. The number of hydrogen-bond acceptors (Lipinski definition) is 3. The van der Waals surface area contributed by atoms with Gasteiger partial charge in [-0.2, -0.15) is 0 Å². The second-order valence-electron chi connectivity index (χ2n) is 4.98. The van der Waals surface area contributed by atoms with Crippen LogP contribution in [0.3, 0.4) is 0 Å². The number of nitrogens with zero attached hydrogens (tertiary/aromatic N) is 2. The quantitative estimate of drug-likeness (QED) is 0.836. The maximum absolute atomic E-state index is 12.0. The fourth-order valence-corrected chi connectivity index (χ4v) is 1.96. The molecule has 0 saturated heterocycles. The monoisotopic (exact) mass is 272 g/mol. The third-order valence-corrected chi connectivity index (χ3v) is 2.92. The zero-order chi connectivity index (χ0) is 14.4. The van der Waals surface area contributed by atoms with Gasteiger partial charge in [0.2, 0.25) is 0 Å². The van der Waals surface area contributed by atoms with Crippen LogP contribution in [0.1, 0.15) is 21.7 Å². The number of hydrogen-bond donors (Lipinski definition) is 2. The third-order valence-electron chi connectivity index (χ3n) is 2.92. The van der Waals surface area contributed by atoms with Crippen LogP contribution in [-0.4, -0.2) is 41.4 Å². The number of H-pyrrole nitrogens is 1. The molecule has 0 unspecified atom stereocenters. The molecule has 5 heteroatoms. The molecule has 20 heavy (non-hydrogen) atoms. The molecule has 5 nitrogen and oxygen atoms in total. The average molecular weight is 272 g/mol. The molecule has 0 aliphatic rings. The van der Waals surface area contributed by atoms with Crippen molar-refractivity contribution in [3.63, 3.8) is 0 Å². The lowest BCUT2D eigenvalue weighted by Crippen LogP contribution is -2.26. The highest BCUT2D eigenvalue weighted by molar-refractivity contribution is 5.94. The highest BCUT2D eigenvalue weighted by atomic mass is 16.1. The molecule has 2 rings (SSSR count). The van der Waals surface area contributed by atoms with Gasteiger partial charge in [0.1, 0.15) is 5.82 Å². The zero-order valence-corrected chi connectivity index (χ0v) is 11.9. The standard InChI is InChI=1S/C15H20N4O/c1-19(2)11-12-3-5-13(6-4-12)15(20)18-8-7-14-16-9-10-17-14/h3-6,9-10H,7-8,11H2,1-2H3,(H,16,17)(H,18,20). The summed E-state index contributed by atoms with van der Waals surface area (Å²) in [6.07, 6.45) is 4.19. The van der Waals surface area contributed by atoms with E-state index >= 15 is 0 Å². The number of imidazole rings is 1. The molecule has 0 bridgehead atoms. The maximum Gasteiger partial charge on any atom is 0.251 e. The van der Waals surface area contributed by atoms with E-state index in [2.05, 4.69) is 20.2 Å². The van der Waals surface area contributed by atoms with Crippen molar-refractivity contribution in [3.05, 3.63) is 53.6 Å². The molecule has 0 atom stereocenters. The van der Waals surface area contributed by atoms with Gasteiger partial charge in [-0.1, -0.05) is 12.1 Å². The summed E-state index contributed by atoms with van der Waals surface area (Å²) in [7, 11) is 4.05. The fourth-order valence-electron chi connectivity index (χ4n) is 1.96. The van der Waals surface area contributed by atoms with Gasteiger partial charge < -0.3 is 15.2 Å². The van der Waals surface area contributed by atoms with Crippen LogP contribution >= 0.6 is 0 Å². The number of nitrogens with one attached hydrogen (secondary N) is 2. The molecule has 0 radical (unpaired) electrons. The van der Waals surface area contributed by atoms with Crippen LogP contribution in [0.5, 0.6) is 0 Å². The van der Waals surface area contributed by atoms with Crippen LogP contribution in [0.2, 0.25) is 0 Å². The van der Waals surface area contributed by atoms with Crippen molar-refractivity contribution in [1.82, 2.24) is 20.2 Å². The first kappa shape index (κ1) is 14.3. The number of rotatable bonds is 6. The van der Waals surface area contributed by atoms with E-state index < -0.39 is 0 Å². The van der Waals surface area contributed by atoms with Crippen molar-refractivity contribution in [2.45, 2.75) is 13.0 Å². The Bertz CT molecular complexity index is 532. The zero-order valence-electron chi connectivity index (χ0n) is 11.9. The fraction of sp³-hybridized carbons (Fsp3) is 0.333. The number of amides is 1. The molecule has 2 aromatic rings. The minimum absolute atomic E-state index is 0.0482. The molecule has 0 saturated carbocycles. The van der Waals surface area contributed by atoms with Crippen molar-refractivity contribution in [2.24, 2.45) is 0 Å². The van der Waals surface area contributed by atoms with Crippen LogP contribution in [0.4, 0.5) is 0 Å². The SMILES string of the molecule is CN(C)Cc1ccc(C(=O)NCCc2ncc[nH]2)cc1. The van der Waals surface area contributed by atoms with Gasteiger partial charge in [-0.15, -0.1) is 0 Å². The van der Waals surface area contributed by atoms with Crippen LogP contribution in [0.15, 0.2) is 36.7 Å². The lowest BCUT2D eigenvalue weighted by molar-refractivity contribution is 0.0954. The molecule has 1 amide bonds. The van der Waals surface area contributed by atoms with Crippen molar-refractivity contribution in [2.75, 3.05) is 20.6 Å². The van der Waals surface area contributed by atoms with Gasteiger partial charge in [-0.3, -0.25) is 4.79 Å². The topological polar surface area (TPSA) is 61.0 Å². The van der Waals surface area contributed by atoms with Gasteiger partial charge in [-0.05, 0) is 31.8 Å². The van der Waals surface area contributed by atoms with Gasteiger partial charge >= 0.3 is 0 Å². The van der Waals surface area contributed by atoms with Crippen LogP contribution in [-0.2, 0) is 13.0 Å². The summed E-state index contributed by atoms with van der Waals surface area (Å²) in [4.78, 5) is 21.2. The minimum Gasteiger partial charge on any atom is -0.352 e. The van der Waals surface area contributed by atoms with Crippen molar-refractivity contribution >= 4 is 5.91 Å². The Morgan fingerprint density at radius 1 is 1.30 bits per heavy atom. The molecule has 0 aliphatic heterocycles. The molecule has 1 heterocycles. The number of carbonyl (C=O) groups is 1. The molecule has 2 N–H and O–H groups in total. The van der Waals surface area contributed by atoms with Crippen molar-refractivity contribution in [1.29, 1.82) is 0 Å². The summed E-state index contributed by atoms with van der Waals surface area (Å²) in [5.74, 6) is 0.833. The van der Waals surface area contributed by atoms with E-state index in [1.54, 1.807) is 12.4 Å². The van der Waals surface area contributed by atoms with E-state index in [0.29, 0.717) is 18.5 Å². The predicted molar refractivity (Wildman–Crippen MR) is 78.5 cm³/mol. The lowest BCUT2D eigenvalue weighted by Gasteiger charge is -2.10. The molecule has 0 spiro atoms. The van der Waals surface area contributed by atoms with Crippen LogP contribution in [0.25, 0.3) is 0 Å². The lowest BCUT2D eigenvalue weighted by atomic mass is 10.1. The van der Waals surface area contributed by atoms with Crippen molar-refractivity contribution in [3.8, 4) is 0 Å². The van der Waals surface area contributed by atoms with E-state index in [1.807, 2.05) is 38.4 Å². The Kier molecular flexibility index (Phi) is 4.90. The second-order valence-corrected chi connectivity index (χ2v) is 4.98. The predicted octanol–water partition coefficient (Wildman–Crippen LogP) is 1.44. The average Bonchev–Trinajstić information content (AvgIpc) is 2.92. The highest BCUT2D eigenvalue weighted by Crippen LogP contribution is 2.06. The van der Waals surface area contributed by atoms with Gasteiger partial charge in [0, 0.05) is 37.5 Å². The molecular formula is C15H20N4O. The maximum atomic E-state index is 12.0. The summed E-state index contributed by atoms with van der Waals surface area (Å²) in [5, 5.41) is 2.89. The van der Waals surface area contributed by atoms with Gasteiger partial charge in [-0.25, -0.2) is 4.98 Å². The van der Waals surface area contributed by atoms with E-state index in [4.69, 9.17) is 0 Å². The van der Waals surface area contributed by atoms with E-state index in [9.17, 15) is 4.79 Å². The van der Waals surface area contributed by atoms with Crippen LogP contribution < -0.4 is 5.32 Å². The first-order valence-electron chi connectivity index (χ1n) is 6.65. The molecule has 0 fully saturated rings. The van der Waals surface area contributed by atoms with E-state index in [1.165, 1.54) is 5.56 Å². The van der Waals surface area contributed by atoms with Gasteiger partial charge in [0.25, 0.3) is 5.91 Å². The molecule has 1 aromatic carbocycles. The Morgan fingerprint density at radius 3 is 2.65 bits per heavy atom. The Labute approximate surface area is 119 Å². The summed E-state index contributed by atoms with van der Waals surface area (Å²) < 4.78 is 0. The number of aromatic amines is 1. The van der Waals surface area contributed by atoms with E-state index in [0.717, 1.165) is 12.4 Å².